The molecule has 0 bridgehead atoms. The number of aromatic nitrogens is 1. The minimum Gasteiger partial charge on any atom is -0.353 e. The second-order valence-corrected chi connectivity index (χ2v) is 6.43. The maximum absolute atomic E-state index is 12.3. The molecule has 2 amide bonds. The molecule has 1 aliphatic heterocycles. The monoisotopic (exact) mass is 352 g/mol. The van der Waals surface area contributed by atoms with Crippen molar-refractivity contribution in [1.29, 1.82) is 0 Å². The molecule has 136 valence electrons. The first kappa shape index (κ1) is 17.9. The van der Waals surface area contributed by atoms with Crippen LogP contribution in [0, 0.1) is 6.92 Å². The van der Waals surface area contributed by atoms with Gasteiger partial charge in [-0.05, 0) is 19.1 Å². The molecule has 6 heteroatoms. The lowest BCUT2D eigenvalue weighted by Gasteiger charge is -2.35. The highest BCUT2D eigenvalue weighted by Crippen LogP contribution is 2.12. The van der Waals surface area contributed by atoms with Gasteiger partial charge in [0.25, 0.3) is 0 Å². The molecule has 1 fully saturated rings. The molecular weight excluding hydrogens is 328 g/mol. The van der Waals surface area contributed by atoms with Crippen LogP contribution in [0.4, 0.5) is 10.6 Å². The van der Waals surface area contributed by atoms with E-state index < -0.39 is 0 Å². The van der Waals surface area contributed by atoms with Crippen molar-refractivity contribution in [3.8, 4) is 0 Å². The molecule has 2 heterocycles. The zero-order valence-electron chi connectivity index (χ0n) is 15.0. The van der Waals surface area contributed by atoms with Gasteiger partial charge >= 0.3 is 6.03 Å². The Morgan fingerprint density at radius 3 is 2.42 bits per heavy atom. The number of pyridine rings is 1. The number of nitrogens with one attached hydrogen (secondary N) is 1. The highest BCUT2D eigenvalue weighted by molar-refractivity contribution is 5.96. The Morgan fingerprint density at radius 2 is 1.77 bits per heavy atom. The second-order valence-electron chi connectivity index (χ2n) is 6.43. The normalized spacial score (nSPS) is 14.2. The molecule has 0 aliphatic carbocycles. The lowest BCUT2D eigenvalue weighted by atomic mass is 10.1. The van der Waals surface area contributed by atoms with Crippen molar-refractivity contribution in [1.82, 2.24) is 15.2 Å². The number of carbonyl (C=O) groups is 2. The van der Waals surface area contributed by atoms with Crippen molar-refractivity contribution in [3.05, 3.63) is 59.8 Å². The molecule has 2 aromatic rings. The molecule has 1 saturated heterocycles. The zero-order valence-corrected chi connectivity index (χ0v) is 15.0. The number of piperazine rings is 1. The van der Waals surface area contributed by atoms with Crippen LogP contribution in [0.3, 0.4) is 0 Å². The second kappa shape index (κ2) is 8.47. The van der Waals surface area contributed by atoms with E-state index in [4.69, 9.17) is 0 Å². The number of ketones is 1. The van der Waals surface area contributed by atoms with E-state index in [1.807, 2.05) is 49.4 Å². The molecule has 0 saturated carbocycles. The van der Waals surface area contributed by atoms with Crippen LogP contribution in [0.15, 0.2) is 48.7 Å². The number of aryl methyl sites for hydroxylation is 1. The number of hydrogen-bond donors (Lipinski definition) is 1. The average Bonchev–Trinajstić information content (AvgIpc) is 2.69. The Balaban J connectivity index is 1.40. The van der Waals surface area contributed by atoms with Gasteiger partial charge in [0.2, 0.25) is 0 Å². The van der Waals surface area contributed by atoms with Crippen LogP contribution >= 0.6 is 0 Å². The van der Waals surface area contributed by atoms with Gasteiger partial charge < -0.3 is 15.1 Å². The fourth-order valence-electron chi connectivity index (χ4n) is 2.96. The first-order chi connectivity index (χ1) is 12.6. The van der Waals surface area contributed by atoms with Gasteiger partial charge in [-0.2, -0.15) is 0 Å². The summed E-state index contributed by atoms with van der Waals surface area (Å²) in [6, 6.07) is 13.2. The number of nitrogens with zero attached hydrogens (tertiary/aromatic N) is 3. The van der Waals surface area contributed by atoms with Crippen LogP contribution < -0.4 is 10.2 Å². The van der Waals surface area contributed by atoms with Crippen LogP contribution in [0.1, 0.15) is 22.3 Å². The zero-order chi connectivity index (χ0) is 18.4. The molecule has 1 aromatic carbocycles. The summed E-state index contributed by atoms with van der Waals surface area (Å²) in [6.07, 6.45) is 2.09. The Morgan fingerprint density at radius 1 is 1.04 bits per heavy atom. The molecule has 1 aliphatic rings. The summed E-state index contributed by atoms with van der Waals surface area (Å²) in [4.78, 5) is 32.7. The predicted octanol–water partition coefficient (Wildman–Crippen LogP) is 2.49. The molecule has 0 radical (unpaired) electrons. The van der Waals surface area contributed by atoms with Crippen molar-refractivity contribution in [3.63, 3.8) is 0 Å². The Hall–Kier alpha value is -2.89. The van der Waals surface area contributed by atoms with Crippen LogP contribution in [0.5, 0.6) is 0 Å². The van der Waals surface area contributed by atoms with Gasteiger partial charge in [0.15, 0.2) is 5.78 Å². The number of Topliss-reactive ketones (excluding diaryl/α,β-unsaturated/α-hetero) is 1. The van der Waals surface area contributed by atoms with E-state index in [0.29, 0.717) is 31.6 Å². The van der Waals surface area contributed by atoms with E-state index in [-0.39, 0.29) is 11.8 Å². The number of rotatable bonds is 5. The van der Waals surface area contributed by atoms with Gasteiger partial charge in [-0.25, -0.2) is 9.78 Å². The summed E-state index contributed by atoms with van der Waals surface area (Å²) in [5.74, 6) is 0.988. The summed E-state index contributed by atoms with van der Waals surface area (Å²) in [5.41, 5.74) is 1.81. The fourth-order valence-corrected chi connectivity index (χ4v) is 2.96. The van der Waals surface area contributed by atoms with Crippen LogP contribution in [0.2, 0.25) is 0 Å². The topological polar surface area (TPSA) is 65.5 Å². The fraction of sp³-hybridized carbons (Fsp3) is 0.350. The van der Waals surface area contributed by atoms with Gasteiger partial charge in [0, 0.05) is 50.9 Å². The molecule has 6 nitrogen and oxygen atoms in total. The van der Waals surface area contributed by atoms with Crippen molar-refractivity contribution in [2.24, 2.45) is 0 Å². The predicted molar refractivity (Wildman–Crippen MR) is 102 cm³/mol. The van der Waals surface area contributed by atoms with Crippen molar-refractivity contribution in [2.75, 3.05) is 37.6 Å². The number of amides is 2. The molecule has 1 N–H and O–H groups in total. The molecule has 0 unspecified atom stereocenters. The quantitative estimate of drug-likeness (QED) is 0.840. The van der Waals surface area contributed by atoms with Crippen LogP contribution in [-0.2, 0) is 0 Å². The largest absolute Gasteiger partial charge is 0.353 e. The van der Waals surface area contributed by atoms with Gasteiger partial charge in [0.1, 0.15) is 5.82 Å². The van der Waals surface area contributed by atoms with Gasteiger partial charge in [-0.1, -0.05) is 35.9 Å². The van der Waals surface area contributed by atoms with Gasteiger partial charge in [-0.3, -0.25) is 4.79 Å². The third-order valence-corrected chi connectivity index (χ3v) is 4.54. The lowest BCUT2D eigenvalue weighted by Crippen LogP contribution is -2.52. The minimum absolute atomic E-state index is 0.0465. The average molecular weight is 352 g/mol. The van der Waals surface area contributed by atoms with Gasteiger partial charge in [-0.15, -0.1) is 0 Å². The summed E-state index contributed by atoms with van der Waals surface area (Å²) >= 11 is 0. The van der Waals surface area contributed by atoms with Crippen molar-refractivity contribution >= 4 is 17.6 Å². The van der Waals surface area contributed by atoms with Crippen LogP contribution in [0.25, 0.3) is 0 Å². The lowest BCUT2D eigenvalue weighted by molar-refractivity contribution is 0.0983. The van der Waals surface area contributed by atoms with E-state index in [2.05, 4.69) is 15.2 Å². The van der Waals surface area contributed by atoms with E-state index in [0.717, 1.165) is 24.5 Å². The number of benzene rings is 1. The van der Waals surface area contributed by atoms with Crippen LogP contribution in [-0.4, -0.2) is 54.4 Å². The Labute approximate surface area is 153 Å². The first-order valence-corrected chi connectivity index (χ1v) is 8.92. The van der Waals surface area contributed by atoms with E-state index in [1.165, 1.54) is 0 Å². The number of carbonyl (C=O) groups excluding carboxylic acids is 2. The molecule has 26 heavy (non-hydrogen) atoms. The number of anilines is 1. The van der Waals surface area contributed by atoms with Crippen molar-refractivity contribution in [2.45, 2.75) is 13.3 Å². The summed E-state index contributed by atoms with van der Waals surface area (Å²) in [6.45, 7) is 5.15. The first-order valence-electron chi connectivity index (χ1n) is 8.92. The Bertz CT molecular complexity index is 738. The third-order valence-electron chi connectivity index (χ3n) is 4.54. The summed E-state index contributed by atoms with van der Waals surface area (Å²) < 4.78 is 0. The van der Waals surface area contributed by atoms with E-state index >= 15 is 0 Å². The number of urea groups is 1. The SMILES string of the molecule is Cc1ccc(C(=O)CCNC(=O)N2CCN(c3ccccn3)CC2)cc1. The Kier molecular flexibility index (Phi) is 5.84. The maximum atomic E-state index is 12.3. The molecule has 0 spiro atoms. The minimum atomic E-state index is -0.109. The van der Waals surface area contributed by atoms with E-state index in [1.54, 1.807) is 11.1 Å². The van der Waals surface area contributed by atoms with Crippen molar-refractivity contribution < 1.29 is 9.59 Å². The molecule has 0 atom stereocenters. The molecular formula is C20H24N4O2. The maximum Gasteiger partial charge on any atom is 0.317 e. The van der Waals surface area contributed by atoms with E-state index in [9.17, 15) is 9.59 Å². The molecule has 3 rings (SSSR count). The third kappa shape index (κ3) is 4.59. The van der Waals surface area contributed by atoms with Gasteiger partial charge in [0.05, 0.1) is 0 Å². The highest BCUT2D eigenvalue weighted by Gasteiger charge is 2.21. The smallest absolute Gasteiger partial charge is 0.317 e. The standard InChI is InChI=1S/C20H24N4O2/c1-16-5-7-17(8-6-16)18(25)9-11-22-20(26)24-14-12-23(13-15-24)19-4-2-3-10-21-19/h2-8,10H,9,11-15H2,1H3,(H,22,26). The highest BCUT2D eigenvalue weighted by atomic mass is 16.2. The molecule has 1 aromatic heterocycles. The summed E-state index contributed by atoms with van der Waals surface area (Å²) in [7, 11) is 0. The summed E-state index contributed by atoms with van der Waals surface area (Å²) in [5, 5.41) is 2.85. The number of hydrogen-bond acceptors (Lipinski definition) is 4.